The van der Waals surface area contributed by atoms with Crippen LogP contribution in [0, 0.1) is 5.92 Å². The van der Waals surface area contributed by atoms with Gasteiger partial charge in [0, 0.05) is 19.8 Å². The quantitative estimate of drug-likeness (QED) is 0.716. The molecule has 0 aromatic carbocycles. The van der Waals surface area contributed by atoms with Crippen molar-refractivity contribution >= 4 is 11.8 Å². The van der Waals surface area contributed by atoms with Gasteiger partial charge in [-0.05, 0) is 45.4 Å². The van der Waals surface area contributed by atoms with Gasteiger partial charge in [-0.25, -0.2) is 0 Å². The molecule has 1 N–H and O–H groups in total. The topological polar surface area (TPSA) is 58.6 Å². The Labute approximate surface area is 121 Å². The number of ether oxygens (including phenoxy) is 1. The fraction of sp³-hybridized carbons (Fsp3) is 0.867. The van der Waals surface area contributed by atoms with E-state index in [1.165, 1.54) is 0 Å². The number of carbonyl (C=O) groups excluding carboxylic acids is 2. The highest BCUT2D eigenvalue weighted by Gasteiger charge is 2.56. The molecule has 0 aromatic heterocycles. The van der Waals surface area contributed by atoms with Crippen molar-refractivity contribution in [3.63, 3.8) is 0 Å². The molecule has 1 saturated carbocycles. The number of nitrogens with one attached hydrogen (secondary N) is 1. The first-order valence-electron chi connectivity index (χ1n) is 7.75. The molecule has 2 aliphatic rings. The molecular formula is C15H26N2O3. The van der Waals surface area contributed by atoms with Crippen molar-refractivity contribution < 1.29 is 14.3 Å². The largest absolute Gasteiger partial charge is 0.382 e. The van der Waals surface area contributed by atoms with Gasteiger partial charge in [0.2, 0.25) is 11.8 Å². The maximum Gasteiger partial charge on any atom is 0.246 e. The average Bonchev–Trinajstić information content (AvgIpc) is 3.26. The van der Waals surface area contributed by atoms with Crippen LogP contribution < -0.4 is 5.32 Å². The normalized spacial score (nSPS) is 30.6. The number of hydrogen-bond donors (Lipinski definition) is 1. The minimum Gasteiger partial charge on any atom is -0.382 e. The second-order valence-electron chi connectivity index (χ2n) is 5.90. The molecule has 20 heavy (non-hydrogen) atoms. The van der Waals surface area contributed by atoms with Crippen molar-refractivity contribution in [1.29, 1.82) is 0 Å². The minimum atomic E-state index is -0.658. The Kier molecular flexibility index (Phi) is 4.68. The Morgan fingerprint density at radius 2 is 2.05 bits per heavy atom. The van der Waals surface area contributed by atoms with Crippen molar-refractivity contribution in [1.82, 2.24) is 10.2 Å². The van der Waals surface area contributed by atoms with E-state index in [1.807, 2.05) is 25.7 Å². The number of hydrogen-bond acceptors (Lipinski definition) is 3. The number of amides is 2. The van der Waals surface area contributed by atoms with Gasteiger partial charge < -0.3 is 15.0 Å². The van der Waals surface area contributed by atoms with Crippen LogP contribution in [0.4, 0.5) is 0 Å². The maximum atomic E-state index is 12.6. The van der Waals surface area contributed by atoms with Crippen LogP contribution in [0.2, 0.25) is 0 Å². The van der Waals surface area contributed by atoms with Crippen molar-refractivity contribution in [3.05, 3.63) is 0 Å². The first-order valence-corrected chi connectivity index (χ1v) is 7.75. The Morgan fingerprint density at radius 3 is 2.60 bits per heavy atom. The Balaban J connectivity index is 2.11. The van der Waals surface area contributed by atoms with Gasteiger partial charge >= 0.3 is 0 Å². The van der Waals surface area contributed by atoms with E-state index in [0.29, 0.717) is 32.1 Å². The third-order valence-electron chi connectivity index (χ3n) is 4.54. The van der Waals surface area contributed by atoms with Gasteiger partial charge in [0.05, 0.1) is 0 Å². The first kappa shape index (κ1) is 15.3. The van der Waals surface area contributed by atoms with Crippen LogP contribution in [0.25, 0.3) is 0 Å². The molecular weight excluding hydrogens is 256 g/mol. The number of carbonyl (C=O) groups is 2. The summed E-state index contributed by atoms with van der Waals surface area (Å²) >= 11 is 0. The molecule has 0 bridgehead atoms. The van der Waals surface area contributed by atoms with Crippen molar-refractivity contribution in [2.75, 3.05) is 19.8 Å². The van der Waals surface area contributed by atoms with Crippen molar-refractivity contribution in [2.24, 2.45) is 5.92 Å². The summed E-state index contributed by atoms with van der Waals surface area (Å²) < 4.78 is 5.35. The minimum absolute atomic E-state index is 0.0165. The lowest BCUT2D eigenvalue weighted by atomic mass is 9.87. The van der Waals surface area contributed by atoms with Crippen molar-refractivity contribution in [2.45, 2.75) is 58.0 Å². The standard InChI is InChI=1S/C15H26N2O3/c1-4-12-13(18)17(9-6-10-20-5-2)15(3,11-7-8-11)14(19)16-12/h11-12H,4-10H2,1-3H3,(H,16,19). The van der Waals surface area contributed by atoms with Crippen LogP contribution in [0.1, 0.15) is 46.5 Å². The molecule has 0 aromatic rings. The molecule has 2 unspecified atom stereocenters. The zero-order chi connectivity index (χ0) is 14.8. The molecule has 114 valence electrons. The van der Waals surface area contributed by atoms with E-state index >= 15 is 0 Å². The number of rotatable bonds is 7. The van der Waals surface area contributed by atoms with Gasteiger partial charge in [-0.1, -0.05) is 6.92 Å². The Bertz CT molecular complexity index is 381. The zero-order valence-electron chi connectivity index (χ0n) is 12.8. The zero-order valence-corrected chi connectivity index (χ0v) is 12.8. The van der Waals surface area contributed by atoms with Crippen molar-refractivity contribution in [3.8, 4) is 0 Å². The first-order chi connectivity index (χ1) is 9.55. The molecule has 0 spiro atoms. The average molecular weight is 282 g/mol. The SMILES string of the molecule is CCOCCCN1C(=O)C(CC)NC(=O)C1(C)C1CC1. The molecule has 2 fully saturated rings. The molecule has 0 radical (unpaired) electrons. The van der Waals surface area contributed by atoms with Crippen LogP contribution in [-0.2, 0) is 14.3 Å². The van der Waals surface area contributed by atoms with Crippen LogP contribution >= 0.6 is 0 Å². The number of piperazine rings is 1. The highest BCUT2D eigenvalue weighted by atomic mass is 16.5. The third kappa shape index (κ3) is 2.68. The summed E-state index contributed by atoms with van der Waals surface area (Å²) in [7, 11) is 0. The van der Waals surface area contributed by atoms with Gasteiger partial charge in [0.15, 0.2) is 0 Å². The van der Waals surface area contributed by atoms with Gasteiger partial charge in [-0.2, -0.15) is 0 Å². The third-order valence-corrected chi connectivity index (χ3v) is 4.54. The van der Waals surface area contributed by atoms with Gasteiger partial charge in [0.25, 0.3) is 0 Å². The highest BCUT2D eigenvalue weighted by molar-refractivity contribution is 6.00. The monoisotopic (exact) mass is 282 g/mol. The summed E-state index contributed by atoms with van der Waals surface area (Å²) in [6.45, 7) is 7.74. The van der Waals surface area contributed by atoms with Crippen LogP contribution in [0.3, 0.4) is 0 Å². The van der Waals surface area contributed by atoms with E-state index in [9.17, 15) is 9.59 Å². The summed E-state index contributed by atoms with van der Waals surface area (Å²) in [5.74, 6) is 0.400. The number of nitrogens with zero attached hydrogens (tertiary/aromatic N) is 1. The van der Waals surface area contributed by atoms with Gasteiger partial charge in [-0.15, -0.1) is 0 Å². The summed E-state index contributed by atoms with van der Waals surface area (Å²) in [5, 5.41) is 2.90. The van der Waals surface area contributed by atoms with E-state index in [1.54, 1.807) is 0 Å². The van der Waals surface area contributed by atoms with Crippen LogP contribution in [0.5, 0.6) is 0 Å². The lowest BCUT2D eigenvalue weighted by Gasteiger charge is -2.46. The molecule has 1 saturated heterocycles. The Morgan fingerprint density at radius 1 is 1.35 bits per heavy atom. The van der Waals surface area contributed by atoms with Gasteiger partial charge in [-0.3, -0.25) is 9.59 Å². The van der Waals surface area contributed by atoms with E-state index in [-0.39, 0.29) is 17.9 Å². The molecule has 5 nitrogen and oxygen atoms in total. The summed E-state index contributed by atoms with van der Waals surface area (Å²) in [5.41, 5.74) is -0.658. The maximum absolute atomic E-state index is 12.6. The molecule has 1 aliphatic heterocycles. The Hall–Kier alpha value is -1.10. The summed E-state index contributed by atoms with van der Waals surface area (Å²) in [6, 6.07) is -0.360. The smallest absolute Gasteiger partial charge is 0.246 e. The molecule has 5 heteroatoms. The molecule has 2 rings (SSSR count). The second kappa shape index (κ2) is 6.12. The lowest BCUT2D eigenvalue weighted by molar-refractivity contribution is -0.158. The van der Waals surface area contributed by atoms with E-state index in [0.717, 1.165) is 19.3 Å². The van der Waals surface area contributed by atoms with E-state index < -0.39 is 5.54 Å². The second-order valence-corrected chi connectivity index (χ2v) is 5.90. The summed E-state index contributed by atoms with van der Waals surface area (Å²) in [4.78, 5) is 26.9. The van der Waals surface area contributed by atoms with Crippen LogP contribution in [-0.4, -0.2) is 48.1 Å². The van der Waals surface area contributed by atoms with E-state index in [2.05, 4.69) is 5.32 Å². The highest BCUT2D eigenvalue weighted by Crippen LogP contribution is 2.44. The lowest BCUT2D eigenvalue weighted by Crippen LogP contribution is -2.70. The molecule has 2 atom stereocenters. The molecule has 2 amide bonds. The summed E-state index contributed by atoms with van der Waals surface area (Å²) in [6.07, 6.45) is 3.50. The van der Waals surface area contributed by atoms with Gasteiger partial charge in [0.1, 0.15) is 11.6 Å². The fourth-order valence-electron chi connectivity index (χ4n) is 3.05. The van der Waals surface area contributed by atoms with Crippen LogP contribution in [0.15, 0.2) is 0 Å². The fourth-order valence-corrected chi connectivity index (χ4v) is 3.05. The van der Waals surface area contributed by atoms with E-state index in [4.69, 9.17) is 4.74 Å². The molecule has 1 heterocycles. The predicted molar refractivity (Wildman–Crippen MR) is 76.2 cm³/mol. The molecule has 1 aliphatic carbocycles. The predicted octanol–water partition coefficient (Wildman–Crippen LogP) is 1.32.